The van der Waals surface area contributed by atoms with E-state index in [1.54, 1.807) is 12.1 Å². The molecule has 3 aliphatic rings. The highest BCUT2D eigenvalue weighted by Gasteiger charge is 2.59. The van der Waals surface area contributed by atoms with E-state index >= 15 is 0 Å². The Hall–Kier alpha value is -2.63. The number of nitrogens with zero attached hydrogens (tertiary/aromatic N) is 2. The second-order valence-electron chi connectivity index (χ2n) is 6.39. The van der Waals surface area contributed by atoms with Gasteiger partial charge in [-0.1, -0.05) is 12.2 Å². The van der Waals surface area contributed by atoms with Crippen LogP contribution < -0.4 is 4.74 Å². The van der Waals surface area contributed by atoms with Crippen molar-refractivity contribution in [2.24, 2.45) is 28.8 Å². The van der Waals surface area contributed by atoms with Crippen LogP contribution in [-0.4, -0.2) is 34.8 Å². The lowest BCUT2D eigenvalue weighted by Gasteiger charge is -2.13. The lowest BCUT2D eigenvalue weighted by molar-refractivity contribution is -0.140. The Kier molecular flexibility index (Phi) is 3.40. The van der Waals surface area contributed by atoms with E-state index in [4.69, 9.17) is 4.74 Å². The van der Waals surface area contributed by atoms with Crippen LogP contribution in [0.4, 0.5) is 0 Å². The number of hydrogen-bond acceptors (Lipinski definition) is 5. The Morgan fingerprint density at radius 1 is 1.25 bits per heavy atom. The van der Waals surface area contributed by atoms with Crippen molar-refractivity contribution in [3.63, 3.8) is 0 Å². The Labute approximate surface area is 139 Å². The molecule has 6 nitrogen and oxygen atoms in total. The van der Waals surface area contributed by atoms with Gasteiger partial charge in [0.15, 0.2) is 11.5 Å². The quantitative estimate of drug-likeness (QED) is 0.521. The molecule has 1 aliphatic heterocycles. The molecule has 1 saturated carbocycles. The van der Waals surface area contributed by atoms with Gasteiger partial charge in [0.1, 0.15) is 0 Å². The summed E-state index contributed by atoms with van der Waals surface area (Å²) in [5, 5.41) is 14.8. The first-order valence-corrected chi connectivity index (χ1v) is 8.16. The Morgan fingerprint density at radius 3 is 2.54 bits per heavy atom. The first kappa shape index (κ1) is 14.9. The largest absolute Gasteiger partial charge is 0.504 e. The zero-order valence-corrected chi connectivity index (χ0v) is 13.3. The van der Waals surface area contributed by atoms with Crippen LogP contribution in [0.15, 0.2) is 35.5 Å². The maximum absolute atomic E-state index is 12.5. The van der Waals surface area contributed by atoms with E-state index in [9.17, 15) is 14.7 Å². The highest BCUT2D eigenvalue weighted by atomic mass is 16.5. The number of phenols is 1. The first-order valence-electron chi connectivity index (χ1n) is 8.16. The molecular formula is C18H18N2O4. The third-order valence-corrected chi connectivity index (χ3v) is 5.05. The van der Waals surface area contributed by atoms with Gasteiger partial charge in [-0.25, -0.2) is 0 Å². The van der Waals surface area contributed by atoms with Gasteiger partial charge in [0.25, 0.3) is 11.8 Å². The third-order valence-electron chi connectivity index (χ3n) is 5.05. The SMILES string of the molecule is CCOc1cc(/C=N\N2C(=O)[C@@H]3[C@@H](C2=O)[C@H]2C=C[C@H]3C2)ccc1O. The average molecular weight is 326 g/mol. The number of ether oxygens (including phenoxy) is 1. The summed E-state index contributed by atoms with van der Waals surface area (Å²) in [6.07, 6.45) is 6.46. The lowest BCUT2D eigenvalue weighted by Crippen LogP contribution is -2.28. The number of allylic oxidation sites excluding steroid dienone is 2. The molecule has 1 N–H and O–H groups in total. The van der Waals surface area contributed by atoms with Crippen LogP contribution >= 0.6 is 0 Å². The van der Waals surface area contributed by atoms with Gasteiger partial charge in [0.05, 0.1) is 24.7 Å². The normalized spacial score (nSPS) is 30.6. The molecule has 0 aromatic heterocycles. The molecule has 2 bridgehead atoms. The van der Waals surface area contributed by atoms with Gasteiger partial charge in [-0.3, -0.25) is 9.59 Å². The Bertz CT molecular complexity index is 740. The minimum absolute atomic E-state index is 0.0412. The van der Waals surface area contributed by atoms with Crippen molar-refractivity contribution >= 4 is 18.0 Å². The summed E-state index contributed by atoms with van der Waals surface area (Å²) in [5.74, 6) is -0.167. The van der Waals surface area contributed by atoms with E-state index in [1.165, 1.54) is 12.3 Å². The molecule has 2 aliphatic carbocycles. The number of hydrazone groups is 1. The summed E-state index contributed by atoms with van der Waals surface area (Å²) in [6, 6.07) is 4.77. The van der Waals surface area contributed by atoms with Crippen molar-refractivity contribution in [3.8, 4) is 11.5 Å². The predicted molar refractivity (Wildman–Crippen MR) is 86.4 cm³/mol. The van der Waals surface area contributed by atoms with Gasteiger partial charge in [0.2, 0.25) is 0 Å². The van der Waals surface area contributed by atoms with Crippen molar-refractivity contribution < 1.29 is 19.4 Å². The van der Waals surface area contributed by atoms with Crippen LogP contribution in [0.2, 0.25) is 0 Å². The Morgan fingerprint density at radius 2 is 1.92 bits per heavy atom. The number of benzene rings is 1. The van der Waals surface area contributed by atoms with E-state index in [0.717, 1.165) is 11.4 Å². The number of amides is 2. The fraction of sp³-hybridized carbons (Fsp3) is 0.389. The zero-order valence-electron chi connectivity index (χ0n) is 13.3. The summed E-state index contributed by atoms with van der Waals surface area (Å²) in [7, 11) is 0. The number of phenolic OH excluding ortho intramolecular Hbond substituents is 1. The van der Waals surface area contributed by atoms with Crippen LogP contribution in [0.3, 0.4) is 0 Å². The monoisotopic (exact) mass is 326 g/mol. The molecule has 1 aromatic carbocycles. The van der Waals surface area contributed by atoms with Crippen LogP contribution in [-0.2, 0) is 9.59 Å². The summed E-state index contributed by atoms with van der Waals surface area (Å²) in [5.41, 5.74) is 0.648. The lowest BCUT2D eigenvalue weighted by atomic mass is 9.85. The minimum Gasteiger partial charge on any atom is -0.504 e. The fourth-order valence-corrected chi connectivity index (χ4v) is 4.01. The molecule has 6 heteroatoms. The second kappa shape index (κ2) is 5.47. The molecule has 0 radical (unpaired) electrons. The number of imide groups is 1. The topological polar surface area (TPSA) is 79.2 Å². The molecule has 24 heavy (non-hydrogen) atoms. The van der Waals surface area contributed by atoms with Crippen LogP contribution in [0, 0.1) is 23.7 Å². The highest BCUT2D eigenvalue weighted by molar-refractivity contribution is 6.06. The van der Waals surface area contributed by atoms with Crippen molar-refractivity contribution in [2.45, 2.75) is 13.3 Å². The van der Waals surface area contributed by atoms with Gasteiger partial charge < -0.3 is 9.84 Å². The molecule has 0 spiro atoms. The molecule has 2 amide bonds. The van der Waals surface area contributed by atoms with E-state index in [0.29, 0.717) is 17.9 Å². The summed E-state index contributed by atoms with van der Waals surface area (Å²) < 4.78 is 5.32. The molecule has 1 aromatic rings. The van der Waals surface area contributed by atoms with E-state index in [1.807, 2.05) is 6.92 Å². The van der Waals surface area contributed by atoms with Crippen LogP contribution in [0.5, 0.6) is 11.5 Å². The van der Waals surface area contributed by atoms with Crippen molar-refractivity contribution in [1.82, 2.24) is 5.01 Å². The van der Waals surface area contributed by atoms with Gasteiger partial charge in [-0.05, 0) is 48.9 Å². The zero-order chi connectivity index (χ0) is 16.8. The van der Waals surface area contributed by atoms with E-state index in [-0.39, 0.29) is 41.2 Å². The minimum atomic E-state index is -0.247. The molecule has 1 heterocycles. The van der Waals surface area contributed by atoms with Crippen molar-refractivity contribution in [3.05, 3.63) is 35.9 Å². The third kappa shape index (κ3) is 2.13. The predicted octanol–water partition coefficient (Wildman–Crippen LogP) is 1.93. The van der Waals surface area contributed by atoms with Gasteiger partial charge in [0, 0.05) is 0 Å². The van der Waals surface area contributed by atoms with Gasteiger partial charge in [-0.15, -0.1) is 0 Å². The van der Waals surface area contributed by atoms with Gasteiger partial charge in [-0.2, -0.15) is 10.1 Å². The smallest absolute Gasteiger partial charge is 0.254 e. The average Bonchev–Trinajstić information content (AvgIpc) is 3.24. The number of carbonyl (C=O) groups excluding carboxylic acids is 2. The molecule has 4 rings (SSSR count). The standard InChI is InChI=1S/C18H18N2O4/c1-2-24-14-7-10(3-6-13(14)21)9-19-20-17(22)15-11-4-5-12(8-11)16(15)18(20)23/h3-7,9,11-12,15-16,21H,2,8H2,1H3/b19-9-/t11-,12-,15-,16-/m0/s1. The van der Waals surface area contributed by atoms with Gasteiger partial charge >= 0.3 is 0 Å². The number of carbonyl (C=O) groups is 2. The fourth-order valence-electron chi connectivity index (χ4n) is 4.01. The van der Waals surface area contributed by atoms with E-state index < -0.39 is 0 Å². The van der Waals surface area contributed by atoms with Crippen LogP contribution in [0.25, 0.3) is 0 Å². The number of rotatable bonds is 4. The molecule has 0 unspecified atom stereocenters. The molecule has 2 fully saturated rings. The molecular weight excluding hydrogens is 308 g/mol. The van der Waals surface area contributed by atoms with Crippen molar-refractivity contribution in [1.29, 1.82) is 0 Å². The Balaban J connectivity index is 1.56. The maximum atomic E-state index is 12.5. The molecule has 4 atom stereocenters. The second-order valence-corrected chi connectivity index (χ2v) is 6.39. The maximum Gasteiger partial charge on any atom is 0.254 e. The van der Waals surface area contributed by atoms with Crippen LogP contribution in [0.1, 0.15) is 18.9 Å². The number of hydrogen-bond donors (Lipinski definition) is 1. The first-order chi connectivity index (χ1) is 11.6. The number of fused-ring (bicyclic) bond motifs is 5. The van der Waals surface area contributed by atoms with E-state index in [2.05, 4.69) is 17.3 Å². The van der Waals surface area contributed by atoms with Crippen molar-refractivity contribution in [2.75, 3.05) is 6.61 Å². The molecule has 124 valence electrons. The summed E-state index contributed by atoms with van der Waals surface area (Å²) in [4.78, 5) is 25.0. The summed E-state index contributed by atoms with van der Waals surface area (Å²) in [6.45, 7) is 2.25. The highest BCUT2D eigenvalue weighted by Crippen LogP contribution is 2.52. The summed E-state index contributed by atoms with van der Waals surface area (Å²) >= 11 is 0. The number of aromatic hydroxyl groups is 1. The molecule has 1 saturated heterocycles.